The molecule has 0 saturated heterocycles. The number of nitrogens with zero attached hydrogens (tertiary/aromatic N) is 3. The fraction of sp³-hybridized carbons (Fsp3) is 0.412. The molecule has 0 aliphatic heterocycles. The third-order valence-electron chi connectivity index (χ3n) is 3.68. The van der Waals surface area contributed by atoms with Crippen molar-refractivity contribution in [1.82, 2.24) is 14.8 Å². The van der Waals surface area contributed by atoms with Crippen LogP contribution >= 0.6 is 11.8 Å². The van der Waals surface area contributed by atoms with Crippen molar-refractivity contribution in [3.8, 4) is 5.75 Å². The van der Waals surface area contributed by atoms with Gasteiger partial charge in [0.15, 0.2) is 5.16 Å². The molecule has 0 spiro atoms. The van der Waals surface area contributed by atoms with E-state index < -0.39 is 6.04 Å². The predicted molar refractivity (Wildman–Crippen MR) is 103 cm³/mol. The molecule has 27 heavy (non-hydrogen) atoms. The van der Waals surface area contributed by atoms with Gasteiger partial charge in [-0.05, 0) is 25.5 Å². The van der Waals surface area contributed by atoms with Crippen LogP contribution in [-0.2, 0) is 14.3 Å². The molecule has 0 radical (unpaired) electrons. The highest BCUT2D eigenvalue weighted by atomic mass is 32.2. The number of hydrogen-bond acceptors (Lipinski definition) is 8. The molecule has 0 aliphatic rings. The highest BCUT2D eigenvalue weighted by molar-refractivity contribution is 7.99. The van der Waals surface area contributed by atoms with Crippen LogP contribution in [0.2, 0.25) is 0 Å². The highest BCUT2D eigenvalue weighted by Crippen LogP contribution is 2.28. The van der Waals surface area contributed by atoms with Crippen LogP contribution in [0.1, 0.15) is 26.3 Å². The molecule has 1 aromatic carbocycles. The van der Waals surface area contributed by atoms with Gasteiger partial charge in [-0.2, -0.15) is 0 Å². The molecule has 2 rings (SSSR count). The molecule has 1 heterocycles. The van der Waals surface area contributed by atoms with E-state index >= 15 is 0 Å². The lowest BCUT2D eigenvalue weighted by atomic mass is 10.2. The summed E-state index contributed by atoms with van der Waals surface area (Å²) in [6, 6.07) is 6.47. The maximum atomic E-state index is 12.9. The minimum Gasteiger partial charge on any atom is -0.495 e. The van der Waals surface area contributed by atoms with E-state index in [1.54, 1.807) is 25.1 Å². The van der Waals surface area contributed by atoms with E-state index in [9.17, 15) is 9.59 Å². The van der Waals surface area contributed by atoms with Gasteiger partial charge < -0.3 is 20.5 Å². The lowest BCUT2D eigenvalue weighted by Gasteiger charge is -2.19. The summed E-state index contributed by atoms with van der Waals surface area (Å²) in [5.41, 5.74) is 6.48. The predicted octanol–water partition coefficient (Wildman–Crippen LogP) is 2.11. The molecule has 1 atom stereocenters. The van der Waals surface area contributed by atoms with Gasteiger partial charge in [0.25, 0.3) is 0 Å². The van der Waals surface area contributed by atoms with Crippen LogP contribution < -0.4 is 15.8 Å². The average molecular weight is 393 g/mol. The summed E-state index contributed by atoms with van der Waals surface area (Å²) in [4.78, 5) is 24.5. The van der Waals surface area contributed by atoms with Crippen molar-refractivity contribution in [3.63, 3.8) is 0 Å². The number of methoxy groups -OCH3 is 1. The van der Waals surface area contributed by atoms with Crippen LogP contribution in [0.5, 0.6) is 5.75 Å². The Labute approximate surface area is 161 Å². The van der Waals surface area contributed by atoms with E-state index in [1.807, 2.05) is 13.0 Å². The van der Waals surface area contributed by atoms with Gasteiger partial charge in [0.1, 0.15) is 11.8 Å². The summed E-state index contributed by atoms with van der Waals surface area (Å²) in [5.74, 6) is 0.0441. The summed E-state index contributed by atoms with van der Waals surface area (Å²) in [6.07, 6.45) is 0.455. The van der Waals surface area contributed by atoms with E-state index in [4.69, 9.17) is 15.2 Å². The number of thioether (sulfide) groups is 1. The lowest BCUT2D eigenvalue weighted by molar-refractivity contribution is -0.139. The Kier molecular flexibility index (Phi) is 7.47. The number of amides is 1. The molecule has 1 amide bonds. The fourth-order valence-corrected chi connectivity index (χ4v) is 3.24. The summed E-state index contributed by atoms with van der Waals surface area (Å²) in [7, 11) is 1.53. The van der Waals surface area contributed by atoms with E-state index in [1.165, 1.54) is 11.7 Å². The second-order valence-electron chi connectivity index (χ2n) is 5.42. The van der Waals surface area contributed by atoms with E-state index in [2.05, 4.69) is 15.5 Å². The van der Waals surface area contributed by atoms with Gasteiger partial charge in [0.05, 0.1) is 25.2 Å². The van der Waals surface area contributed by atoms with Crippen LogP contribution in [0.25, 0.3) is 0 Å². The van der Waals surface area contributed by atoms with Crippen LogP contribution in [0.3, 0.4) is 0 Å². The highest BCUT2D eigenvalue weighted by Gasteiger charge is 2.26. The number of rotatable bonds is 9. The third-order valence-corrected chi connectivity index (χ3v) is 4.60. The van der Waals surface area contributed by atoms with Crippen molar-refractivity contribution in [2.45, 2.75) is 31.5 Å². The number of nitrogens with one attached hydrogen (secondary N) is 1. The van der Waals surface area contributed by atoms with Crippen molar-refractivity contribution < 1.29 is 19.1 Å². The summed E-state index contributed by atoms with van der Waals surface area (Å²) in [6.45, 7) is 3.89. The number of ether oxygens (including phenoxy) is 2. The molecule has 0 saturated carbocycles. The maximum absolute atomic E-state index is 12.9. The molecule has 2 aromatic rings. The van der Waals surface area contributed by atoms with Gasteiger partial charge in [0.2, 0.25) is 11.9 Å². The molecule has 9 nitrogen and oxygen atoms in total. The molecular formula is C17H23N5O4S. The standard InChI is InChI=1S/C17H23N5O4S/c1-4-12(15(24)19-11-8-6-7-9-13(11)25-3)22-16(18)20-21-17(22)27-10-14(23)26-5-2/h6-9,12H,4-5,10H2,1-3H3,(H2,18,20)(H,19,24). The zero-order chi connectivity index (χ0) is 19.8. The average Bonchev–Trinajstić information content (AvgIpc) is 3.02. The number of anilines is 2. The molecule has 10 heteroatoms. The molecule has 0 fully saturated rings. The Morgan fingerprint density at radius 3 is 2.70 bits per heavy atom. The smallest absolute Gasteiger partial charge is 0.316 e. The number of nitrogen functional groups attached to an aromatic ring is 1. The molecule has 146 valence electrons. The molecule has 1 unspecified atom stereocenters. The van der Waals surface area contributed by atoms with Crippen molar-refractivity contribution in [2.24, 2.45) is 0 Å². The van der Waals surface area contributed by atoms with Crippen molar-refractivity contribution in [3.05, 3.63) is 24.3 Å². The van der Waals surface area contributed by atoms with E-state index in [-0.39, 0.29) is 23.6 Å². The Bertz CT molecular complexity index is 795. The third kappa shape index (κ3) is 5.13. The number of carbonyl (C=O) groups is 2. The van der Waals surface area contributed by atoms with Crippen molar-refractivity contribution in [1.29, 1.82) is 0 Å². The largest absolute Gasteiger partial charge is 0.495 e. The Morgan fingerprint density at radius 2 is 2.04 bits per heavy atom. The van der Waals surface area contributed by atoms with Crippen LogP contribution in [0.15, 0.2) is 29.4 Å². The first kappa shape index (κ1) is 20.6. The van der Waals surface area contributed by atoms with Gasteiger partial charge in [0, 0.05) is 0 Å². The monoisotopic (exact) mass is 393 g/mol. The van der Waals surface area contributed by atoms with Crippen molar-refractivity contribution >= 4 is 35.3 Å². The Morgan fingerprint density at radius 1 is 1.30 bits per heavy atom. The molecule has 1 aromatic heterocycles. The number of para-hydroxylation sites is 2. The SMILES string of the molecule is CCOC(=O)CSc1nnc(N)n1C(CC)C(=O)Nc1ccccc1OC. The first-order valence-electron chi connectivity index (χ1n) is 8.44. The second-order valence-corrected chi connectivity index (χ2v) is 6.36. The van der Waals surface area contributed by atoms with Gasteiger partial charge in [-0.25, -0.2) is 0 Å². The zero-order valence-corrected chi connectivity index (χ0v) is 16.3. The zero-order valence-electron chi connectivity index (χ0n) is 15.5. The Hall–Kier alpha value is -2.75. The fourth-order valence-electron chi connectivity index (χ4n) is 2.46. The molecule has 3 N–H and O–H groups in total. The van der Waals surface area contributed by atoms with Crippen LogP contribution in [0, 0.1) is 0 Å². The summed E-state index contributed by atoms with van der Waals surface area (Å²) in [5, 5.41) is 11.0. The minimum absolute atomic E-state index is 0.0521. The van der Waals surface area contributed by atoms with Gasteiger partial charge >= 0.3 is 5.97 Å². The maximum Gasteiger partial charge on any atom is 0.316 e. The number of nitrogens with two attached hydrogens (primary N) is 1. The van der Waals surface area contributed by atoms with Crippen molar-refractivity contribution in [2.75, 3.05) is 30.5 Å². The summed E-state index contributed by atoms with van der Waals surface area (Å²) >= 11 is 1.12. The summed E-state index contributed by atoms with van der Waals surface area (Å²) < 4.78 is 11.7. The van der Waals surface area contributed by atoms with E-state index in [0.717, 1.165) is 11.8 Å². The van der Waals surface area contributed by atoms with E-state index in [0.29, 0.717) is 29.6 Å². The Balaban J connectivity index is 2.20. The minimum atomic E-state index is -0.644. The number of hydrogen-bond donors (Lipinski definition) is 2. The quantitative estimate of drug-likeness (QED) is 0.491. The number of benzene rings is 1. The van der Waals surface area contributed by atoms with Crippen LogP contribution in [0.4, 0.5) is 11.6 Å². The molecular weight excluding hydrogens is 370 g/mol. The normalized spacial score (nSPS) is 11.7. The number of carbonyl (C=O) groups excluding carboxylic acids is 2. The molecule has 0 aliphatic carbocycles. The van der Waals surface area contributed by atoms with Gasteiger partial charge in [-0.3, -0.25) is 14.2 Å². The second kappa shape index (κ2) is 9.81. The topological polar surface area (TPSA) is 121 Å². The number of esters is 1. The first-order chi connectivity index (χ1) is 13.0. The number of aromatic nitrogens is 3. The molecule has 0 bridgehead atoms. The van der Waals surface area contributed by atoms with Gasteiger partial charge in [-0.15, -0.1) is 10.2 Å². The van der Waals surface area contributed by atoms with Gasteiger partial charge in [-0.1, -0.05) is 30.8 Å². The lowest BCUT2D eigenvalue weighted by Crippen LogP contribution is -2.27. The van der Waals surface area contributed by atoms with Crippen LogP contribution in [-0.4, -0.2) is 46.1 Å². The first-order valence-corrected chi connectivity index (χ1v) is 9.43.